The maximum atomic E-state index is 12.1. The summed E-state index contributed by atoms with van der Waals surface area (Å²) in [5.74, 6) is -1.60. The molecule has 0 saturated heterocycles. The normalized spacial score (nSPS) is 11.9. The van der Waals surface area contributed by atoms with Gasteiger partial charge in [-0.2, -0.15) is 0 Å². The average molecular weight is 420 g/mol. The van der Waals surface area contributed by atoms with Crippen molar-refractivity contribution in [1.29, 1.82) is 0 Å². The molecule has 0 spiro atoms. The first-order chi connectivity index (χ1) is 9.97. The van der Waals surface area contributed by atoms with Crippen LogP contribution in [-0.4, -0.2) is 33.0 Å². The number of carbonyl (C=O) groups is 2. The van der Waals surface area contributed by atoms with E-state index < -0.39 is 17.9 Å². The summed E-state index contributed by atoms with van der Waals surface area (Å²) in [5, 5.41) is 12.1. The Morgan fingerprint density at radius 1 is 1.48 bits per heavy atom. The van der Waals surface area contributed by atoms with Gasteiger partial charge < -0.3 is 15.4 Å². The predicted octanol–water partition coefficient (Wildman–Crippen LogP) is 2.09. The molecule has 1 aromatic heterocycles. The Labute approximate surface area is 139 Å². The van der Waals surface area contributed by atoms with E-state index in [9.17, 15) is 14.7 Å². The van der Waals surface area contributed by atoms with Gasteiger partial charge in [-0.15, -0.1) is 0 Å². The van der Waals surface area contributed by atoms with Crippen LogP contribution in [0.2, 0.25) is 5.02 Å². The standard InChI is InChI=1S/C13H11ClIN3O3/c14-9-3-7(1-2-10(9)15)12(19)18-11(13(20)21)4-8-5-16-6-17-8/h1-3,5-6,11H,4H2,(H,16,17)(H,18,19)(H,20,21). The van der Waals surface area contributed by atoms with Crippen molar-refractivity contribution in [1.82, 2.24) is 15.3 Å². The lowest BCUT2D eigenvalue weighted by molar-refractivity contribution is -0.139. The lowest BCUT2D eigenvalue weighted by atomic mass is 10.1. The molecule has 21 heavy (non-hydrogen) atoms. The number of hydrogen-bond acceptors (Lipinski definition) is 3. The molecular weight excluding hydrogens is 409 g/mol. The minimum atomic E-state index is -1.12. The van der Waals surface area contributed by atoms with Crippen LogP contribution in [0.5, 0.6) is 0 Å². The van der Waals surface area contributed by atoms with Crippen molar-refractivity contribution in [2.45, 2.75) is 12.5 Å². The summed E-state index contributed by atoms with van der Waals surface area (Å²) in [6.45, 7) is 0. The van der Waals surface area contributed by atoms with Gasteiger partial charge >= 0.3 is 5.97 Å². The highest BCUT2D eigenvalue weighted by Gasteiger charge is 2.22. The molecule has 1 unspecified atom stereocenters. The van der Waals surface area contributed by atoms with Gasteiger partial charge in [-0.1, -0.05) is 11.6 Å². The number of aromatic amines is 1. The highest BCUT2D eigenvalue weighted by atomic mass is 127. The molecule has 0 fully saturated rings. The Bertz CT molecular complexity index is 661. The number of H-pyrrole nitrogens is 1. The minimum absolute atomic E-state index is 0.124. The smallest absolute Gasteiger partial charge is 0.326 e. The van der Waals surface area contributed by atoms with Crippen LogP contribution in [0.3, 0.4) is 0 Å². The highest BCUT2D eigenvalue weighted by Crippen LogP contribution is 2.19. The Morgan fingerprint density at radius 3 is 2.81 bits per heavy atom. The van der Waals surface area contributed by atoms with Crippen LogP contribution >= 0.6 is 34.2 Å². The van der Waals surface area contributed by atoms with Crippen LogP contribution in [-0.2, 0) is 11.2 Å². The molecule has 3 N–H and O–H groups in total. The first kappa shape index (κ1) is 15.8. The van der Waals surface area contributed by atoms with E-state index in [4.69, 9.17) is 11.6 Å². The molecule has 110 valence electrons. The molecule has 1 atom stereocenters. The lowest BCUT2D eigenvalue weighted by Gasteiger charge is -2.14. The number of rotatable bonds is 5. The molecule has 1 aromatic carbocycles. The average Bonchev–Trinajstić information content (AvgIpc) is 2.93. The van der Waals surface area contributed by atoms with Gasteiger partial charge in [0, 0.05) is 27.4 Å². The molecule has 6 nitrogen and oxygen atoms in total. The molecule has 8 heteroatoms. The number of halogens is 2. The maximum Gasteiger partial charge on any atom is 0.326 e. The molecule has 0 aliphatic rings. The number of nitrogens with zero attached hydrogens (tertiary/aromatic N) is 1. The summed E-state index contributed by atoms with van der Waals surface area (Å²) >= 11 is 8.00. The zero-order valence-corrected chi connectivity index (χ0v) is 13.6. The van der Waals surface area contributed by atoms with E-state index in [1.165, 1.54) is 18.6 Å². The van der Waals surface area contributed by atoms with Crippen molar-refractivity contribution < 1.29 is 14.7 Å². The van der Waals surface area contributed by atoms with E-state index in [1.54, 1.807) is 12.1 Å². The number of hydrogen-bond donors (Lipinski definition) is 3. The van der Waals surface area contributed by atoms with E-state index >= 15 is 0 Å². The number of carboxylic acid groups (broad SMARTS) is 1. The second-order valence-electron chi connectivity index (χ2n) is 4.27. The van der Waals surface area contributed by atoms with Crippen molar-refractivity contribution in [3.63, 3.8) is 0 Å². The van der Waals surface area contributed by atoms with E-state index in [0.29, 0.717) is 16.3 Å². The van der Waals surface area contributed by atoms with E-state index in [-0.39, 0.29) is 6.42 Å². The van der Waals surface area contributed by atoms with Gasteiger partial charge in [0.2, 0.25) is 0 Å². The summed E-state index contributed by atoms with van der Waals surface area (Å²) in [7, 11) is 0. The second-order valence-corrected chi connectivity index (χ2v) is 5.84. The van der Waals surface area contributed by atoms with Crippen LogP contribution in [0.1, 0.15) is 16.1 Å². The quantitative estimate of drug-likeness (QED) is 0.647. The summed E-state index contributed by atoms with van der Waals surface area (Å²) in [4.78, 5) is 29.9. The summed E-state index contributed by atoms with van der Waals surface area (Å²) in [6, 6.07) is 3.75. The molecule has 0 aliphatic carbocycles. The van der Waals surface area contributed by atoms with E-state index in [2.05, 4.69) is 15.3 Å². The van der Waals surface area contributed by atoms with Crippen molar-refractivity contribution in [3.05, 3.63) is 50.6 Å². The van der Waals surface area contributed by atoms with E-state index in [0.717, 1.165) is 3.57 Å². The van der Waals surface area contributed by atoms with Crippen LogP contribution < -0.4 is 5.32 Å². The number of benzene rings is 1. The second kappa shape index (κ2) is 6.90. The fraction of sp³-hybridized carbons (Fsp3) is 0.154. The summed E-state index contributed by atoms with van der Waals surface area (Å²) < 4.78 is 0.818. The van der Waals surface area contributed by atoms with Crippen molar-refractivity contribution in [3.8, 4) is 0 Å². The van der Waals surface area contributed by atoms with Gasteiger partial charge in [0.1, 0.15) is 6.04 Å². The summed E-state index contributed by atoms with van der Waals surface area (Å²) in [6.07, 6.45) is 3.10. The Morgan fingerprint density at radius 2 is 2.24 bits per heavy atom. The van der Waals surface area contributed by atoms with Crippen LogP contribution in [0.4, 0.5) is 0 Å². The molecular formula is C13H11ClIN3O3. The summed E-state index contributed by atoms with van der Waals surface area (Å²) in [5.41, 5.74) is 0.944. The molecule has 1 amide bonds. The third-order valence-corrected chi connectivity index (χ3v) is 4.34. The first-order valence-corrected chi connectivity index (χ1v) is 7.39. The number of nitrogens with one attached hydrogen (secondary N) is 2. The molecule has 0 radical (unpaired) electrons. The molecule has 1 heterocycles. The van der Waals surface area contributed by atoms with E-state index in [1.807, 2.05) is 22.6 Å². The van der Waals surface area contributed by atoms with Crippen molar-refractivity contribution in [2.75, 3.05) is 0 Å². The number of amides is 1. The van der Waals surface area contributed by atoms with Gasteiger partial charge in [-0.25, -0.2) is 9.78 Å². The van der Waals surface area contributed by atoms with Gasteiger partial charge in [0.15, 0.2) is 0 Å². The number of aliphatic carboxylic acids is 1. The van der Waals surface area contributed by atoms with Gasteiger partial charge in [0.25, 0.3) is 5.91 Å². The fourth-order valence-corrected chi connectivity index (χ4v) is 2.21. The predicted molar refractivity (Wildman–Crippen MR) is 85.4 cm³/mol. The van der Waals surface area contributed by atoms with Gasteiger partial charge in [0.05, 0.1) is 11.3 Å². The fourth-order valence-electron chi connectivity index (χ4n) is 1.70. The van der Waals surface area contributed by atoms with Gasteiger partial charge in [-0.05, 0) is 40.8 Å². The third kappa shape index (κ3) is 4.18. The van der Waals surface area contributed by atoms with Crippen LogP contribution in [0, 0.1) is 3.57 Å². The minimum Gasteiger partial charge on any atom is -0.480 e. The number of aromatic nitrogens is 2. The number of imidazole rings is 1. The molecule has 0 bridgehead atoms. The largest absolute Gasteiger partial charge is 0.480 e. The zero-order chi connectivity index (χ0) is 15.4. The van der Waals surface area contributed by atoms with Crippen molar-refractivity contribution >= 4 is 46.1 Å². The molecule has 2 aromatic rings. The molecule has 2 rings (SSSR count). The Hall–Kier alpha value is -1.61. The topological polar surface area (TPSA) is 95.1 Å². The Balaban J connectivity index is 2.10. The van der Waals surface area contributed by atoms with Crippen LogP contribution in [0.25, 0.3) is 0 Å². The van der Waals surface area contributed by atoms with Crippen molar-refractivity contribution in [2.24, 2.45) is 0 Å². The third-order valence-electron chi connectivity index (χ3n) is 2.76. The van der Waals surface area contributed by atoms with Gasteiger partial charge in [-0.3, -0.25) is 4.79 Å². The first-order valence-electron chi connectivity index (χ1n) is 5.93. The monoisotopic (exact) mass is 419 g/mol. The lowest BCUT2D eigenvalue weighted by Crippen LogP contribution is -2.42. The SMILES string of the molecule is O=C(NC(Cc1cnc[nH]1)C(=O)O)c1ccc(I)c(Cl)c1. The Kier molecular flexibility index (Phi) is 5.18. The van der Waals surface area contributed by atoms with Crippen LogP contribution in [0.15, 0.2) is 30.7 Å². The molecule has 0 aliphatic heterocycles. The molecule has 0 saturated carbocycles. The number of carbonyl (C=O) groups excluding carboxylic acids is 1. The number of carboxylic acids is 1. The highest BCUT2D eigenvalue weighted by molar-refractivity contribution is 14.1. The zero-order valence-electron chi connectivity index (χ0n) is 10.6. The maximum absolute atomic E-state index is 12.1.